The zero-order chi connectivity index (χ0) is 12.6. The van der Waals surface area contributed by atoms with Gasteiger partial charge in [0.05, 0.1) is 17.1 Å². The van der Waals surface area contributed by atoms with Crippen molar-refractivity contribution in [3.63, 3.8) is 0 Å². The molecule has 0 aliphatic carbocycles. The number of rotatable bonds is 2. The van der Waals surface area contributed by atoms with E-state index in [1.54, 1.807) is 18.5 Å². The van der Waals surface area contributed by atoms with Crippen molar-refractivity contribution in [1.82, 2.24) is 4.57 Å². The van der Waals surface area contributed by atoms with Crippen LogP contribution in [0.3, 0.4) is 0 Å². The van der Waals surface area contributed by atoms with Crippen molar-refractivity contribution in [3.8, 4) is 0 Å². The maximum atomic E-state index is 11.8. The first-order valence-electron chi connectivity index (χ1n) is 5.16. The summed E-state index contributed by atoms with van der Waals surface area (Å²) in [5, 5.41) is 1.27. The van der Waals surface area contributed by atoms with Crippen molar-refractivity contribution in [1.29, 1.82) is 0 Å². The van der Waals surface area contributed by atoms with Gasteiger partial charge in [-0.15, -0.1) is 0 Å². The topological polar surface area (TPSA) is 31.2 Å². The minimum absolute atomic E-state index is 0.334. The number of hydrogen-bond acceptors (Lipinski definition) is 2. The van der Waals surface area contributed by atoms with Crippen LogP contribution in [0.25, 0.3) is 10.9 Å². The average Bonchev–Trinajstić information content (AvgIpc) is 2.52. The second-order valence-electron chi connectivity index (χ2n) is 3.60. The van der Waals surface area contributed by atoms with Gasteiger partial charge in [0, 0.05) is 16.9 Å². The summed E-state index contributed by atoms with van der Waals surface area (Å²) in [5.41, 5.74) is 1.29. The molecule has 0 radical (unpaired) electrons. The highest BCUT2D eigenvalue weighted by atomic mass is 79.9. The van der Waals surface area contributed by atoms with Gasteiger partial charge in [0.1, 0.15) is 5.69 Å². The molecule has 0 unspecified atom stereocenters. The molecule has 0 atom stereocenters. The number of carbonyl (C=O) groups excluding carboxylic acids is 1. The van der Waals surface area contributed by atoms with Gasteiger partial charge in [0.2, 0.25) is 0 Å². The van der Waals surface area contributed by atoms with Crippen molar-refractivity contribution in [2.75, 3.05) is 6.61 Å². The van der Waals surface area contributed by atoms with E-state index < -0.39 is 5.97 Å². The van der Waals surface area contributed by atoms with E-state index in [4.69, 9.17) is 16.3 Å². The Morgan fingerprint density at radius 2 is 2.24 bits per heavy atom. The average molecular weight is 317 g/mol. The van der Waals surface area contributed by atoms with Gasteiger partial charge < -0.3 is 9.30 Å². The van der Waals surface area contributed by atoms with Gasteiger partial charge in [-0.05, 0) is 25.1 Å². The number of halogens is 2. The Morgan fingerprint density at radius 3 is 2.88 bits per heavy atom. The SMILES string of the molecule is CCOC(=O)c1c(Cl)c2cc(Br)ccc2n1C. The molecule has 17 heavy (non-hydrogen) atoms. The summed E-state index contributed by atoms with van der Waals surface area (Å²) in [6, 6.07) is 5.71. The molecule has 1 heterocycles. The van der Waals surface area contributed by atoms with Gasteiger partial charge in [0.15, 0.2) is 0 Å². The molecule has 0 N–H and O–H groups in total. The maximum absolute atomic E-state index is 11.8. The summed E-state index contributed by atoms with van der Waals surface area (Å²) in [6.07, 6.45) is 0. The van der Waals surface area contributed by atoms with Crippen molar-refractivity contribution in [2.45, 2.75) is 6.92 Å². The number of ether oxygens (including phenoxy) is 1. The summed E-state index contributed by atoms with van der Waals surface area (Å²) in [5.74, 6) is -0.396. The molecule has 0 aliphatic heterocycles. The summed E-state index contributed by atoms with van der Waals surface area (Å²) in [4.78, 5) is 11.8. The quantitative estimate of drug-likeness (QED) is 0.790. The van der Waals surface area contributed by atoms with Crippen LogP contribution in [0.15, 0.2) is 22.7 Å². The number of fused-ring (bicyclic) bond motifs is 1. The Kier molecular flexibility index (Phi) is 3.45. The van der Waals surface area contributed by atoms with Gasteiger partial charge in [-0.3, -0.25) is 0 Å². The number of aromatic nitrogens is 1. The molecule has 5 heteroatoms. The van der Waals surface area contributed by atoms with Gasteiger partial charge >= 0.3 is 5.97 Å². The Bertz CT molecular complexity index is 592. The summed E-state index contributed by atoms with van der Waals surface area (Å²) < 4.78 is 7.67. The van der Waals surface area contributed by atoms with E-state index >= 15 is 0 Å². The Labute approximate surface area is 112 Å². The molecule has 2 aromatic rings. The number of hydrogen-bond donors (Lipinski definition) is 0. The summed E-state index contributed by atoms with van der Waals surface area (Å²) >= 11 is 9.61. The Morgan fingerprint density at radius 1 is 1.53 bits per heavy atom. The van der Waals surface area contributed by atoms with Gasteiger partial charge in [0.25, 0.3) is 0 Å². The Hall–Kier alpha value is -1.00. The number of esters is 1. The first kappa shape index (κ1) is 12.5. The van der Waals surface area contributed by atoms with E-state index in [2.05, 4.69) is 15.9 Å². The van der Waals surface area contributed by atoms with Crippen LogP contribution in [-0.4, -0.2) is 17.1 Å². The van der Waals surface area contributed by atoms with Gasteiger partial charge in [-0.25, -0.2) is 4.79 Å². The van der Waals surface area contributed by atoms with Gasteiger partial charge in [-0.1, -0.05) is 27.5 Å². The second kappa shape index (κ2) is 4.70. The van der Waals surface area contributed by atoms with Crippen molar-refractivity contribution >= 4 is 44.4 Å². The smallest absolute Gasteiger partial charge is 0.356 e. The van der Waals surface area contributed by atoms with Crippen LogP contribution >= 0.6 is 27.5 Å². The predicted molar refractivity (Wildman–Crippen MR) is 71.6 cm³/mol. The number of carbonyl (C=O) groups is 1. The monoisotopic (exact) mass is 315 g/mol. The fourth-order valence-electron chi connectivity index (χ4n) is 1.80. The van der Waals surface area contributed by atoms with E-state index in [1.807, 2.05) is 18.2 Å². The summed E-state index contributed by atoms with van der Waals surface area (Å²) in [7, 11) is 1.80. The fraction of sp³-hybridized carbons (Fsp3) is 0.250. The molecule has 0 saturated heterocycles. The number of aryl methyl sites for hydroxylation is 1. The number of benzene rings is 1. The lowest BCUT2D eigenvalue weighted by Gasteiger charge is -2.03. The van der Waals surface area contributed by atoms with Crippen molar-refractivity contribution in [3.05, 3.63) is 33.4 Å². The van der Waals surface area contributed by atoms with Crippen molar-refractivity contribution < 1.29 is 9.53 Å². The molecular weight excluding hydrogens is 305 g/mol. The standard InChI is InChI=1S/C12H11BrClNO2/c1-3-17-12(16)11-10(14)8-6-7(13)4-5-9(8)15(11)2/h4-6H,3H2,1-2H3. The van der Waals surface area contributed by atoms with Gasteiger partial charge in [-0.2, -0.15) is 0 Å². The van der Waals surface area contributed by atoms with Crippen LogP contribution in [0.5, 0.6) is 0 Å². The first-order valence-corrected chi connectivity index (χ1v) is 6.34. The van der Waals surface area contributed by atoms with E-state index in [-0.39, 0.29) is 0 Å². The molecule has 0 saturated carbocycles. The van der Waals surface area contributed by atoms with E-state index in [9.17, 15) is 4.79 Å². The maximum Gasteiger partial charge on any atom is 0.356 e. The fourth-order valence-corrected chi connectivity index (χ4v) is 2.51. The minimum atomic E-state index is -0.396. The molecule has 1 aromatic carbocycles. The minimum Gasteiger partial charge on any atom is -0.461 e. The van der Waals surface area contributed by atoms with Crippen molar-refractivity contribution in [2.24, 2.45) is 7.05 Å². The predicted octanol–water partition coefficient (Wildman–Crippen LogP) is 3.77. The molecule has 0 fully saturated rings. The van der Waals surface area contributed by atoms with E-state index in [0.29, 0.717) is 17.3 Å². The highest BCUT2D eigenvalue weighted by Gasteiger charge is 2.20. The molecule has 2 rings (SSSR count). The van der Waals surface area contributed by atoms with Crippen LogP contribution in [0.2, 0.25) is 5.02 Å². The van der Waals surface area contributed by atoms with E-state index in [0.717, 1.165) is 15.4 Å². The summed E-state index contributed by atoms with van der Waals surface area (Å²) in [6.45, 7) is 2.10. The molecule has 3 nitrogen and oxygen atoms in total. The van der Waals surface area contributed by atoms with E-state index in [1.165, 1.54) is 0 Å². The molecule has 0 spiro atoms. The third kappa shape index (κ3) is 2.07. The lowest BCUT2D eigenvalue weighted by molar-refractivity contribution is 0.0516. The third-order valence-corrected chi connectivity index (χ3v) is 3.44. The Balaban J connectivity index is 2.68. The van der Waals surface area contributed by atoms with Crippen LogP contribution in [0, 0.1) is 0 Å². The molecule has 0 aliphatic rings. The molecular formula is C12H11BrClNO2. The molecule has 0 bridgehead atoms. The molecule has 1 aromatic heterocycles. The molecule has 0 amide bonds. The lowest BCUT2D eigenvalue weighted by Crippen LogP contribution is -2.10. The van der Waals surface area contributed by atoms with Crippen LogP contribution in [0.1, 0.15) is 17.4 Å². The number of nitrogens with zero attached hydrogens (tertiary/aromatic N) is 1. The largest absolute Gasteiger partial charge is 0.461 e. The zero-order valence-corrected chi connectivity index (χ0v) is 11.8. The normalized spacial score (nSPS) is 10.8. The van der Waals surface area contributed by atoms with Crippen LogP contribution in [-0.2, 0) is 11.8 Å². The highest BCUT2D eigenvalue weighted by Crippen LogP contribution is 2.32. The molecule has 90 valence electrons. The lowest BCUT2D eigenvalue weighted by atomic mass is 10.2. The third-order valence-electron chi connectivity index (χ3n) is 2.57. The van der Waals surface area contributed by atoms with Crippen LogP contribution in [0.4, 0.5) is 0 Å². The first-order chi connectivity index (χ1) is 8.06. The second-order valence-corrected chi connectivity index (χ2v) is 4.90. The zero-order valence-electron chi connectivity index (χ0n) is 9.46. The van der Waals surface area contributed by atoms with Crippen LogP contribution < -0.4 is 0 Å². The highest BCUT2D eigenvalue weighted by molar-refractivity contribution is 9.10.